The number of para-hydroxylation sites is 1. The predicted molar refractivity (Wildman–Crippen MR) is 72.8 cm³/mol. The van der Waals surface area contributed by atoms with Crippen molar-refractivity contribution in [3.63, 3.8) is 0 Å². The highest BCUT2D eigenvalue weighted by atomic mass is 32.2. The van der Waals surface area contributed by atoms with Crippen LogP contribution in [0.1, 0.15) is 25.3 Å². The van der Waals surface area contributed by atoms with E-state index in [-0.39, 0.29) is 10.9 Å². The van der Waals surface area contributed by atoms with Gasteiger partial charge in [0.1, 0.15) is 5.75 Å². The van der Waals surface area contributed by atoms with Crippen LogP contribution < -0.4 is 4.74 Å². The lowest BCUT2D eigenvalue weighted by molar-refractivity contribution is 0.132. The maximum Gasteiger partial charge on any atom is 0.122 e. The summed E-state index contributed by atoms with van der Waals surface area (Å²) in [4.78, 5) is 0. The molecule has 0 spiro atoms. The molecule has 3 heteroatoms. The van der Waals surface area contributed by atoms with E-state index in [1.807, 2.05) is 36.0 Å². The van der Waals surface area contributed by atoms with Gasteiger partial charge < -0.3 is 9.84 Å². The molecule has 1 aromatic rings. The summed E-state index contributed by atoms with van der Waals surface area (Å²) in [5.74, 6) is 2.04. The first kappa shape index (κ1) is 12.8. The molecule has 1 saturated heterocycles. The summed E-state index contributed by atoms with van der Waals surface area (Å²) in [6.07, 6.45) is 2.69. The molecule has 0 radical (unpaired) electrons. The number of hydrogen-bond donors (Lipinski definition) is 1. The molecule has 0 aromatic heterocycles. The molecule has 0 aliphatic carbocycles. The van der Waals surface area contributed by atoms with E-state index in [9.17, 15) is 5.11 Å². The van der Waals surface area contributed by atoms with Crippen LogP contribution in [-0.4, -0.2) is 28.8 Å². The fourth-order valence-electron chi connectivity index (χ4n) is 2.36. The number of aliphatic hydroxyl groups excluding tert-OH is 1. The molecular formula is C14H20O2S. The molecule has 0 saturated carbocycles. The summed E-state index contributed by atoms with van der Waals surface area (Å²) in [7, 11) is 1.68. The second-order valence-electron chi connectivity index (χ2n) is 4.80. The van der Waals surface area contributed by atoms with Gasteiger partial charge in [-0.05, 0) is 37.1 Å². The summed E-state index contributed by atoms with van der Waals surface area (Å²) >= 11 is 1.89. The molecule has 2 rings (SSSR count). The maximum atomic E-state index is 10.4. The van der Waals surface area contributed by atoms with Gasteiger partial charge in [-0.3, -0.25) is 0 Å². The van der Waals surface area contributed by atoms with Gasteiger partial charge in [-0.15, -0.1) is 0 Å². The summed E-state index contributed by atoms with van der Waals surface area (Å²) in [6.45, 7) is 2.17. The molecular weight excluding hydrogens is 232 g/mol. The highest BCUT2D eigenvalue weighted by Crippen LogP contribution is 2.41. The largest absolute Gasteiger partial charge is 0.496 e. The lowest BCUT2D eigenvalue weighted by Crippen LogP contribution is -2.35. The van der Waals surface area contributed by atoms with Gasteiger partial charge in [0.25, 0.3) is 0 Å². The van der Waals surface area contributed by atoms with Crippen LogP contribution in [0.15, 0.2) is 24.3 Å². The highest BCUT2D eigenvalue weighted by molar-refractivity contribution is 8.00. The molecule has 94 valence electrons. The van der Waals surface area contributed by atoms with Gasteiger partial charge in [0.2, 0.25) is 0 Å². The first-order chi connectivity index (χ1) is 8.15. The van der Waals surface area contributed by atoms with E-state index < -0.39 is 0 Å². The van der Waals surface area contributed by atoms with Crippen LogP contribution in [0.2, 0.25) is 0 Å². The first-order valence-corrected chi connectivity index (χ1v) is 7.08. The molecule has 2 unspecified atom stereocenters. The molecule has 1 aliphatic heterocycles. The molecule has 1 aromatic carbocycles. The Morgan fingerprint density at radius 2 is 2.24 bits per heavy atom. The lowest BCUT2D eigenvalue weighted by Gasteiger charge is -2.29. The predicted octanol–water partition coefficient (Wildman–Crippen LogP) is 2.88. The zero-order valence-electron chi connectivity index (χ0n) is 10.5. The fourth-order valence-corrected chi connectivity index (χ4v) is 3.68. The summed E-state index contributed by atoms with van der Waals surface area (Å²) in [5.41, 5.74) is 1.09. The monoisotopic (exact) mass is 252 g/mol. The molecule has 1 aliphatic rings. The standard InChI is InChI=1S/C14H20O2S/c1-14(8-5-9-17-14)13(15)10-11-6-3-4-7-12(11)16-2/h3-4,6-7,13,15H,5,8-10H2,1-2H3. The van der Waals surface area contributed by atoms with Gasteiger partial charge in [0, 0.05) is 11.2 Å². The van der Waals surface area contributed by atoms with E-state index in [2.05, 4.69) is 6.92 Å². The zero-order chi connectivity index (χ0) is 12.3. The molecule has 0 bridgehead atoms. The Balaban J connectivity index is 2.09. The van der Waals surface area contributed by atoms with E-state index in [1.165, 1.54) is 12.2 Å². The average Bonchev–Trinajstić information content (AvgIpc) is 2.78. The van der Waals surface area contributed by atoms with Gasteiger partial charge in [-0.1, -0.05) is 18.2 Å². The van der Waals surface area contributed by atoms with E-state index in [0.29, 0.717) is 6.42 Å². The normalized spacial score (nSPS) is 25.8. The van der Waals surface area contributed by atoms with Gasteiger partial charge >= 0.3 is 0 Å². The summed E-state index contributed by atoms with van der Waals surface area (Å²) < 4.78 is 5.34. The Labute approximate surface area is 107 Å². The summed E-state index contributed by atoms with van der Waals surface area (Å²) in [6, 6.07) is 7.94. The third-order valence-corrected chi connectivity index (χ3v) is 5.19. The Hall–Kier alpha value is -0.670. The SMILES string of the molecule is COc1ccccc1CC(O)C1(C)CCCS1. The van der Waals surface area contributed by atoms with E-state index in [1.54, 1.807) is 7.11 Å². The number of benzene rings is 1. The Morgan fingerprint density at radius 3 is 2.88 bits per heavy atom. The van der Waals surface area contributed by atoms with Crippen molar-refractivity contribution in [3.8, 4) is 5.75 Å². The molecule has 1 fully saturated rings. The van der Waals surface area contributed by atoms with Gasteiger partial charge in [0.05, 0.1) is 13.2 Å². The average molecular weight is 252 g/mol. The lowest BCUT2D eigenvalue weighted by atomic mass is 9.93. The Kier molecular flexibility index (Phi) is 4.00. The van der Waals surface area contributed by atoms with Crippen molar-refractivity contribution in [3.05, 3.63) is 29.8 Å². The van der Waals surface area contributed by atoms with Crippen LogP contribution in [0.5, 0.6) is 5.75 Å². The van der Waals surface area contributed by atoms with Gasteiger partial charge in [-0.2, -0.15) is 11.8 Å². The second-order valence-corrected chi connectivity index (χ2v) is 6.43. The minimum absolute atomic E-state index is 0.0147. The number of ether oxygens (including phenoxy) is 1. The van der Waals surface area contributed by atoms with Crippen LogP contribution >= 0.6 is 11.8 Å². The Morgan fingerprint density at radius 1 is 1.47 bits per heavy atom. The number of aliphatic hydroxyl groups is 1. The van der Waals surface area contributed by atoms with E-state index >= 15 is 0 Å². The molecule has 2 nitrogen and oxygen atoms in total. The number of methoxy groups -OCH3 is 1. The van der Waals surface area contributed by atoms with Crippen molar-refractivity contribution in [2.24, 2.45) is 0 Å². The number of hydrogen-bond acceptors (Lipinski definition) is 3. The quantitative estimate of drug-likeness (QED) is 0.893. The van der Waals surface area contributed by atoms with E-state index in [4.69, 9.17) is 4.74 Å². The van der Waals surface area contributed by atoms with Crippen molar-refractivity contribution in [2.75, 3.05) is 12.9 Å². The Bertz CT molecular complexity index is 372. The molecule has 1 N–H and O–H groups in total. The van der Waals surface area contributed by atoms with E-state index in [0.717, 1.165) is 17.7 Å². The minimum Gasteiger partial charge on any atom is -0.496 e. The van der Waals surface area contributed by atoms with Crippen molar-refractivity contribution >= 4 is 11.8 Å². The maximum absolute atomic E-state index is 10.4. The fraction of sp³-hybridized carbons (Fsp3) is 0.571. The summed E-state index contributed by atoms with van der Waals surface area (Å²) in [5, 5.41) is 10.4. The van der Waals surface area contributed by atoms with Crippen LogP contribution in [0.3, 0.4) is 0 Å². The van der Waals surface area contributed by atoms with Gasteiger partial charge in [-0.25, -0.2) is 0 Å². The molecule has 1 heterocycles. The van der Waals surface area contributed by atoms with Crippen LogP contribution in [0.4, 0.5) is 0 Å². The smallest absolute Gasteiger partial charge is 0.122 e. The third-order valence-electron chi connectivity index (χ3n) is 3.56. The molecule has 17 heavy (non-hydrogen) atoms. The van der Waals surface area contributed by atoms with Crippen molar-refractivity contribution in [1.29, 1.82) is 0 Å². The van der Waals surface area contributed by atoms with Crippen molar-refractivity contribution in [1.82, 2.24) is 0 Å². The third kappa shape index (κ3) is 2.78. The minimum atomic E-state index is -0.300. The first-order valence-electron chi connectivity index (χ1n) is 6.09. The highest BCUT2D eigenvalue weighted by Gasteiger charge is 2.37. The van der Waals surface area contributed by atoms with Crippen molar-refractivity contribution in [2.45, 2.75) is 37.0 Å². The van der Waals surface area contributed by atoms with Gasteiger partial charge in [0.15, 0.2) is 0 Å². The van der Waals surface area contributed by atoms with Crippen LogP contribution in [-0.2, 0) is 6.42 Å². The second kappa shape index (κ2) is 5.32. The zero-order valence-corrected chi connectivity index (χ0v) is 11.3. The van der Waals surface area contributed by atoms with Crippen LogP contribution in [0.25, 0.3) is 0 Å². The molecule has 0 amide bonds. The molecule has 2 atom stereocenters. The number of thioether (sulfide) groups is 1. The number of rotatable bonds is 4. The van der Waals surface area contributed by atoms with Crippen molar-refractivity contribution < 1.29 is 9.84 Å². The van der Waals surface area contributed by atoms with Crippen LogP contribution in [0, 0.1) is 0 Å². The topological polar surface area (TPSA) is 29.5 Å².